The van der Waals surface area contributed by atoms with E-state index in [9.17, 15) is 18.4 Å². The average molecular weight is 252 g/mol. The third kappa shape index (κ3) is 2.00. The van der Waals surface area contributed by atoms with Crippen LogP contribution < -0.4 is 5.56 Å². The number of aldehydes is 1. The Morgan fingerprint density at radius 3 is 2.62 bits per heavy atom. The van der Waals surface area contributed by atoms with Crippen molar-refractivity contribution in [2.24, 2.45) is 0 Å². The SMILES string of the molecule is O=Cc1cc(C(F)F)[nH]c(=O)c1Br. The van der Waals surface area contributed by atoms with E-state index in [1.54, 1.807) is 0 Å². The van der Waals surface area contributed by atoms with Gasteiger partial charge >= 0.3 is 0 Å². The molecule has 13 heavy (non-hydrogen) atoms. The fraction of sp³-hybridized carbons (Fsp3) is 0.143. The van der Waals surface area contributed by atoms with Gasteiger partial charge in [0.25, 0.3) is 12.0 Å². The van der Waals surface area contributed by atoms with E-state index in [1.807, 2.05) is 4.98 Å². The lowest BCUT2D eigenvalue weighted by atomic mass is 10.2. The standard InChI is InChI=1S/C7H4BrF2NO2/c8-5-3(2-12)1-4(6(9)10)11-7(5)13/h1-2,6H,(H,11,13). The number of aromatic amines is 1. The van der Waals surface area contributed by atoms with Gasteiger partial charge in [0.05, 0.1) is 10.2 Å². The molecule has 0 aliphatic heterocycles. The molecule has 0 unspecified atom stereocenters. The Hall–Kier alpha value is -1.04. The topological polar surface area (TPSA) is 49.9 Å². The van der Waals surface area contributed by atoms with Gasteiger partial charge in [0.2, 0.25) is 0 Å². The molecule has 0 saturated carbocycles. The van der Waals surface area contributed by atoms with Crippen molar-refractivity contribution in [3.05, 3.63) is 32.2 Å². The summed E-state index contributed by atoms with van der Waals surface area (Å²) in [5.74, 6) is 0. The smallest absolute Gasteiger partial charge is 0.278 e. The summed E-state index contributed by atoms with van der Waals surface area (Å²) >= 11 is 2.80. The highest BCUT2D eigenvalue weighted by Gasteiger charge is 2.12. The van der Waals surface area contributed by atoms with Gasteiger partial charge in [0.1, 0.15) is 0 Å². The van der Waals surface area contributed by atoms with E-state index in [1.165, 1.54) is 0 Å². The second-order valence-corrected chi connectivity index (χ2v) is 3.03. The van der Waals surface area contributed by atoms with E-state index >= 15 is 0 Å². The van der Waals surface area contributed by atoms with Crippen LogP contribution in [0.25, 0.3) is 0 Å². The first-order chi connectivity index (χ1) is 6.06. The lowest BCUT2D eigenvalue weighted by Gasteiger charge is -2.01. The van der Waals surface area contributed by atoms with Gasteiger partial charge in [-0.3, -0.25) is 9.59 Å². The number of hydrogen-bond donors (Lipinski definition) is 1. The highest BCUT2D eigenvalue weighted by molar-refractivity contribution is 9.10. The van der Waals surface area contributed by atoms with Crippen LogP contribution in [-0.2, 0) is 0 Å². The minimum Gasteiger partial charge on any atom is -0.320 e. The molecule has 0 atom stereocenters. The highest BCUT2D eigenvalue weighted by atomic mass is 79.9. The Morgan fingerprint density at radius 2 is 2.15 bits per heavy atom. The van der Waals surface area contributed by atoms with Gasteiger partial charge in [-0.2, -0.15) is 0 Å². The number of nitrogens with one attached hydrogen (secondary N) is 1. The lowest BCUT2D eigenvalue weighted by molar-refractivity contribution is 0.112. The Morgan fingerprint density at radius 1 is 1.54 bits per heavy atom. The summed E-state index contributed by atoms with van der Waals surface area (Å²) in [4.78, 5) is 23.2. The van der Waals surface area contributed by atoms with E-state index in [0.717, 1.165) is 6.07 Å². The van der Waals surface area contributed by atoms with Crippen molar-refractivity contribution in [3.63, 3.8) is 0 Å². The van der Waals surface area contributed by atoms with Crippen LogP contribution in [0.3, 0.4) is 0 Å². The molecule has 1 heterocycles. The van der Waals surface area contributed by atoms with Crippen LogP contribution in [0.5, 0.6) is 0 Å². The predicted molar refractivity (Wildman–Crippen MR) is 45.1 cm³/mol. The summed E-state index contributed by atoms with van der Waals surface area (Å²) in [6.45, 7) is 0. The first-order valence-corrected chi connectivity index (χ1v) is 4.01. The molecule has 1 aromatic heterocycles. The van der Waals surface area contributed by atoms with E-state index in [-0.39, 0.29) is 10.0 Å². The molecule has 3 nitrogen and oxygen atoms in total. The molecular weight excluding hydrogens is 248 g/mol. The molecule has 0 aliphatic rings. The molecule has 1 rings (SSSR count). The number of halogens is 3. The van der Waals surface area contributed by atoms with Crippen molar-refractivity contribution >= 4 is 22.2 Å². The van der Waals surface area contributed by atoms with Gasteiger partial charge in [-0.15, -0.1) is 0 Å². The number of hydrogen-bond acceptors (Lipinski definition) is 2. The molecule has 0 radical (unpaired) electrons. The fourth-order valence-corrected chi connectivity index (χ4v) is 1.09. The van der Waals surface area contributed by atoms with Crippen LogP contribution in [0, 0.1) is 0 Å². The summed E-state index contributed by atoms with van der Waals surface area (Å²) in [6, 6.07) is 0.934. The second kappa shape index (κ2) is 3.78. The van der Waals surface area contributed by atoms with Gasteiger partial charge in [0.15, 0.2) is 6.29 Å². The van der Waals surface area contributed by atoms with Crippen molar-refractivity contribution in [1.29, 1.82) is 0 Å². The largest absolute Gasteiger partial charge is 0.320 e. The number of carbonyl (C=O) groups is 1. The van der Waals surface area contributed by atoms with Crippen molar-refractivity contribution in [2.75, 3.05) is 0 Å². The summed E-state index contributed by atoms with van der Waals surface area (Å²) in [5.41, 5.74) is -1.38. The maximum Gasteiger partial charge on any atom is 0.278 e. The summed E-state index contributed by atoms with van der Waals surface area (Å²) in [5, 5.41) is 0. The number of aromatic nitrogens is 1. The van der Waals surface area contributed by atoms with E-state index in [4.69, 9.17) is 0 Å². The molecule has 0 aromatic carbocycles. The third-order valence-corrected chi connectivity index (χ3v) is 2.20. The number of carbonyl (C=O) groups excluding carboxylic acids is 1. The van der Waals surface area contributed by atoms with Crippen LogP contribution in [0.1, 0.15) is 22.5 Å². The third-order valence-electron chi connectivity index (χ3n) is 1.38. The van der Waals surface area contributed by atoms with E-state index < -0.39 is 17.7 Å². The van der Waals surface area contributed by atoms with Crippen molar-refractivity contribution in [3.8, 4) is 0 Å². The Labute approximate surface area is 79.9 Å². The summed E-state index contributed by atoms with van der Waals surface area (Å²) in [6.07, 6.45) is -2.45. The number of H-pyrrole nitrogens is 1. The van der Waals surface area contributed by atoms with Crippen molar-refractivity contribution < 1.29 is 13.6 Å². The van der Waals surface area contributed by atoms with Crippen LogP contribution in [-0.4, -0.2) is 11.3 Å². The first-order valence-electron chi connectivity index (χ1n) is 3.22. The fourth-order valence-electron chi connectivity index (χ4n) is 0.787. The van der Waals surface area contributed by atoms with Crippen LogP contribution in [0.4, 0.5) is 8.78 Å². The van der Waals surface area contributed by atoms with E-state index in [2.05, 4.69) is 15.9 Å². The highest BCUT2D eigenvalue weighted by Crippen LogP contribution is 2.18. The molecule has 0 fully saturated rings. The molecule has 6 heteroatoms. The van der Waals surface area contributed by atoms with Crippen molar-refractivity contribution in [1.82, 2.24) is 4.98 Å². The van der Waals surface area contributed by atoms with Crippen molar-refractivity contribution in [2.45, 2.75) is 6.43 Å². The van der Waals surface area contributed by atoms with Crippen LogP contribution in [0.2, 0.25) is 0 Å². The number of pyridine rings is 1. The van der Waals surface area contributed by atoms with E-state index in [0.29, 0.717) is 6.29 Å². The number of alkyl halides is 2. The zero-order chi connectivity index (χ0) is 10.0. The molecule has 0 amide bonds. The predicted octanol–water partition coefficient (Wildman–Crippen LogP) is 1.89. The molecule has 1 N–H and O–H groups in total. The maximum atomic E-state index is 12.1. The monoisotopic (exact) mass is 251 g/mol. The minimum atomic E-state index is -2.79. The van der Waals surface area contributed by atoms with Crippen LogP contribution in [0.15, 0.2) is 15.3 Å². The zero-order valence-electron chi connectivity index (χ0n) is 6.18. The lowest BCUT2D eigenvalue weighted by Crippen LogP contribution is -2.12. The van der Waals surface area contributed by atoms with Gasteiger partial charge in [-0.1, -0.05) is 0 Å². The Bertz CT molecular complexity index is 389. The van der Waals surface area contributed by atoms with Crippen LogP contribution >= 0.6 is 15.9 Å². The summed E-state index contributed by atoms with van der Waals surface area (Å²) < 4.78 is 24.2. The van der Waals surface area contributed by atoms with Gasteiger partial charge in [-0.25, -0.2) is 8.78 Å². The molecule has 0 aliphatic carbocycles. The van der Waals surface area contributed by atoms with Gasteiger partial charge < -0.3 is 4.98 Å². The van der Waals surface area contributed by atoms with Gasteiger partial charge in [0, 0.05) is 5.56 Å². The van der Waals surface area contributed by atoms with Gasteiger partial charge in [-0.05, 0) is 22.0 Å². The maximum absolute atomic E-state index is 12.1. The normalized spacial score (nSPS) is 10.5. The molecule has 1 aromatic rings. The average Bonchev–Trinajstić information content (AvgIpc) is 2.09. The molecule has 0 saturated heterocycles. The zero-order valence-corrected chi connectivity index (χ0v) is 7.77. The second-order valence-electron chi connectivity index (χ2n) is 2.24. The summed E-state index contributed by atoms with van der Waals surface area (Å²) in [7, 11) is 0. The molecule has 0 bridgehead atoms. The minimum absolute atomic E-state index is 0.0353. The number of rotatable bonds is 2. The first kappa shape index (κ1) is 10.0. The molecule has 0 spiro atoms. The molecule has 70 valence electrons. The molecular formula is C7H4BrF2NO2. The Kier molecular flexibility index (Phi) is 2.92. The quantitative estimate of drug-likeness (QED) is 0.817. The Balaban J connectivity index is 3.39.